The van der Waals surface area contributed by atoms with Crippen molar-refractivity contribution in [3.63, 3.8) is 0 Å². The summed E-state index contributed by atoms with van der Waals surface area (Å²) < 4.78 is 7.50. The van der Waals surface area contributed by atoms with Gasteiger partial charge in [0, 0.05) is 26.4 Å². The fraction of sp³-hybridized carbons (Fsp3) is 0.750. The van der Waals surface area contributed by atoms with Crippen LogP contribution in [0, 0.1) is 0 Å². The third-order valence-corrected chi connectivity index (χ3v) is 2.99. The molecule has 1 aliphatic rings. The molecule has 1 fully saturated rings. The van der Waals surface area contributed by atoms with Gasteiger partial charge in [0.05, 0.1) is 12.3 Å². The predicted octanol–water partition coefficient (Wildman–Crippen LogP) is 1.12. The summed E-state index contributed by atoms with van der Waals surface area (Å²) in [6, 6.07) is 0. The van der Waals surface area contributed by atoms with Crippen LogP contribution >= 0.6 is 0 Å². The lowest BCUT2D eigenvalue weighted by Crippen LogP contribution is -2.32. The highest BCUT2D eigenvalue weighted by molar-refractivity contribution is 5.03. The zero-order valence-corrected chi connectivity index (χ0v) is 9.98. The first kappa shape index (κ1) is 11.6. The summed E-state index contributed by atoms with van der Waals surface area (Å²) >= 11 is 0. The Balaban J connectivity index is 1.57. The van der Waals surface area contributed by atoms with Crippen LogP contribution in [0.25, 0.3) is 0 Å². The molecule has 0 aliphatic carbocycles. The molecule has 1 aromatic rings. The van der Waals surface area contributed by atoms with Gasteiger partial charge in [-0.25, -0.2) is 0 Å². The van der Waals surface area contributed by atoms with Gasteiger partial charge >= 0.3 is 0 Å². The molecule has 4 heteroatoms. The van der Waals surface area contributed by atoms with E-state index >= 15 is 0 Å². The number of nitrogens with one attached hydrogen (secondary N) is 1. The van der Waals surface area contributed by atoms with Crippen LogP contribution in [0.3, 0.4) is 0 Å². The molecule has 2 heterocycles. The van der Waals surface area contributed by atoms with E-state index in [1.54, 1.807) is 0 Å². The van der Waals surface area contributed by atoms with Gasteiger partial charge in [-0.15, -0.1) is 0 Å². The highest BCUT2D eigenvalue weighted by Gasteiger charge is 2.12. The summed E-state index contributed by atoms with van der Waals surface area (Å²) in [7, 11) is 1.95. The van der Waals surface area contributed by atoms with Gasteiger partial charge in [0.15, 0.2) is 0 Å². The maximum Gasteiger partial charge on any atom is 0.0699 e. The summed E-state index contributed by atoms with van der Waals surface area (Å²) in [5.74, 6) is 0. The maximum absolute atomic E-state index is 5.66. The largest absolute Gasteiger partial charge is 0.377 e. The Kier molecular flexibility index (Phi) is 4.36. The molecule has 1 aliphatic heterocycles. The quantitative estimate of drug-likeness (QED) is 0.760. The molecule has 1 N–H and O–H groups in total. The first-order chi connectivity index (χ1) is 7.84. The van der Waals surface area contributed by atoms with Crippen molar-refractivity contribution in [1.29, 1.82) is 0 Å². The maximum atomic E-state index is 5.66. The van der Waals surface area contributed by atoms with E-state index in [4.69, 9.17) is 4.74 Å². The van der Waals surface area contributed by atoms with E-state index in [9.17, 15) is 0 Å². The monoisotopic (exact) mass is 223 g/mol. The smallest absolute Gasteiger partial charge is 0.0699 e. The molecule has 0 spiro atoms. The number of aromatic nitrogens is 2. The summed E-state index contributed by atoms with van der Waals surface area (Å²) in [6.45, 7) is 2.93. The third kappa shape index (κ3) is 3.61. The molecule has 4 nitrogen and oxygen atoms in total. The van der Waals surface area contributed by atoms with E-state index in [2.05, 4.69) is 16.6 Å². The molecule has 0 bridgehead atoms. The molecule has 16 heavy (non-hydrogen) atoms. The topological polar surface area (TPSA) is 39.1 Å². The lowest BCUT2D eigenvalue weighted by atomic mass is 10.1. The normalized spacial score (nSPS) is 21.2. The fourth-order valence-electron chi connectivity index (χ4n) is 2.07. The van der Waals surface area contributed by atoms with Crippen LogP contribution in [0.1, 0.15) is 24.8 Å². The van der Waals surface area contributed by atoms with Crippen LogP contribution in [-0.4, -0.2) is 35.6 Å². The Morgan fingerprint density at radius 2 is 2.50 bits per heavy atom. The summed E-state index contributed by atoms with van der Waals surface area (Å²) in [5.41, 5.74) is 1.29. The fourth-order valence-corrected chi connectivity index (χ4v) is 2.07. The molecule has 90 valence electrons. The van der Waals surface area contributed by atoms with Gasteiger partial charge < -0.3 is 10.1 Å². The van der Waals surface area contributed by atoms with E-state index in [1.807, 2.05) is 17.9 Å². The highest BCUT2D eigenvalue weighted by Crippen LogP contribution is 2.11. The minimum absolute atomic E-state index is 0.433. The van der Waals surface area contributed by atoms with E-state index in [0.717, 1.165) is 26.1 Å². The van der Waals surface area contributed by atoms with Crippen molar-refractivity contribution in [1.82, 2.24) is 15.1 Å². The molecule has 1 atom stereocenters. The number of hydrogen-bond acceptors (Lipinski definition) is 3. The van der Waals surface area contributed by atoms with Crippen molar-refractivity contribution in [3.05, 3.63) is 18.0 Å². The minimum Gasteiger partial charge on any atom is -0.377 e. The zero-order valence-electron chi connectivity index (χ0n) is 9.98. The summed E-state index contributed by atoms with van der Waals surface area (Å²) in [6.07, 6.45) is 9.22. The molecule has 0 radical (unpaired) electrons. The number of hydrogen-bond donors (Lipinski definition) is 1. The second-order valence-corrected chi connectivity index (χ2v) is 4.46. The van der Waals surface area contributed by atoms with Crippen molar-refractivity contribution in [3.8, 4) is 0 Å². The van der Waals surface area contributed by atoms with E-state index < -0.39 is 0 Å². The van der Waals surface area contributed by atoms with Crippen LogP contribution in [0.4, 0.5) is 0 Å². The van der Waals surface area contributed by atoms with Crippen LogP contribution in [0.15, 0.2) is 12.4 Å². The second kappa shape index (κ2) is 6.01. The second-order valence-electron chi connectivity index (χ2n) is 4.46. The average Bonchev–Trinajstić information content (AvgIpc) is 2.72. The highest BCUT2D eigenvalue weighted by atomic mass is 16.5. The Bertz CT molecular complexity index is 305. The summed E-state index contributed by atoms with van der Waals surface area (Å²) in [5, 5.41) is 7.60. The Morgan fingerprint density at radius 3 is 3.19 bits per heavy atom. The van der Waals surface area contributed by atoms with Crippen LogP contribution in [0.2, 0.25) is 0 Å². The lowest BCUT2D eigenvalue weighted by Gasteiger charge is -2.22. The van der Waals surface area contributed by atoms with Crippen LogP contribution < -0.4 is 5.32 Å². The molecule has 1 unspecified atom stereocenters. The molecular weight excluding hydrogens is 202 g/mol. The minimum atomic E-state index is 0.433. The SMILES string of the molecule is Cn1cc(CCNCC2CCCCO2)cn1. The predicted molar refractivity (Wildman–Crippen MR) is 63.4 cm³/mol. The van der Waals surface area contributed by atoms with Gasteiger partial charge in [-0.05, 0) is 37.8 Å². The molecule has 0 saturated carbocycles. The standard InChI is InChI=1S/C12H21N3O/c1-15-10-11(8-14-15)5-6-13-9-12-4-2-3-7-16-12/h8,10,12-13H,2-7,9H2,1H3. The van der Waals surface area contributed by atoms with Crippen molar-refractivity contribution >= 4 is 0 Å². The van der Waals surface area contributed by atoms with Crippen molar-refractivity contribution < 1.29 is 4.74 Å². The first-order valence-electron chi connectivity index (χ1n) is 6.14. The van der Waals surface area contributed by atoms with Gasteiger partial charge in [0.1, 0.15) is 0 Å². The van der Waals surface area contributed by atoms with Crippen molar-refractivity contribution in [2.75, 3.05) is 19.7 Å². The number of aryl methyl sites for hydroxylation is 1. The van der Waals surface area contributed by atoms with Gasteiger partial charge in [0.2, 0.25) is 0 Å². The Labute approximate surface area is 97.0 Å². The lowest BCUT2D eigenvalue weighted by molar-refractivity contribution is 0.0171. The average molecular weight is 223 g/mol. The van der Waals surface area contributed by atoms with Crippen molar-refractivity contribution in [2.45, 2.75) is 31.8 Å². The number of rotatable bonds is 5. The van der Waals surface area contributed by atoms with Crippen molar-refractivity contribution in [2.24, 2.45) is 7.05 Å². The molecular formula is C12H21N3O. The van der Waals surface area contributed by atoms with E-state index in [-0.39, 0.29) is 0 Å². The molecule has 0 aromatic carbocycles. The van der Waals surface area contributed by atoms with Crippen LogP contribution in [-0.2, 0) is 18.2 Å². The summed E-state index contributed by atoms with van der Waals surface area (Å²) in [4.78, 5) is 0. The van der Waals surface area contributed by atoms with Gasteiger partial charge in [-0.3, -0.25) is 4.68 Å². The Hall–Kier alpha value is -0.870. The zero-order chi connectivity index (χ0) is 11.2. The van der Waals surface area contributed by atoms with Gasteiger partial charge in [-0.1, -0.05) is 0 Å². The molecule has 2 rings (SSSR count). The van der Waals surface area contributed by atoms with Crippen LogP contribution in [0.5, 0.6) is 0 Å². The van der Waals surface area contributed by atoms with Gasteiger partial charge in [-0.2, -0.15) is 5.10 Å². The Morgan fingerprint density at radius 1 is 1.56 bits per heavy atom. The van der Waals surface area contributed by atoms with Gasteiger partial charge in [0.25, 0.3) is 0 Å². The third-order valence-electron chi connectivity index (χ3n) is 2.99. The van der Waals surface area contributed by atoms with E-state index in [0.29, 0.717) is 6.10 Å². The molecule has 0 amide bonds. The first-order valence-corrected chi connectivity index (χ1v) is 6.14. The molecule has 1 aromatic heterocycles. The number of ether oxygens (including phenoxy) is 1. The van der Waals surface area contributed by atoms with E-state index in [1.165, 1.54) is 24.8 Å². The molecule has 1 saturated heterocycles. The number of nitrogens with zero attached hydrogens (tertiary/aromatic N) is 2.